The quantitative estimate of drug-likeness (QED) is 0.512. The van der Waals surface area contributed by atoms with Crippen molar-refractivity contribution in [2.75, 3.05) is 6.54 Å². The number of nitrogens with zero attached hydrogens (tertiary/aromatic N) is 1. The SMILES string of the molecule is Cl[Si](Cl)(C1CCCCC1)N1CCC2CCCCC21. The van der Waals surface area contributed by atoms with Crippen molar-refractivity contribution in [3.8, 4) is 0 Å². The predicted octanol–water partition coefficient (Wildman–Crippen LogP) is 5.00. The number of hydrogen-bond donors (Lipinski definition) is 0. The molecule has 2 atom stereocenters. The average Bonchev–Trinajstić information content (AvgIpc) is 2.84. The van der Waals surface area contributed by atoms with Crippen LogP contribution in [0.25, 0.3) is 0 Å². The van der Waals surface area contributed by atoms with Crippen LogP contribution in [-0.2, 0) is 0 Å². The van der Waals surface area contributed by atoms with Crippen molar-refractivity contribution in [2.24, 2.45) is 5.92 Å². The lowest BCUT2D eigenvalue weighted by Gasteiger charge is -2.42. The van der Waals surface area contributed by atoms with Crippen molar-refractivity contribution < 1.29 is 0 Å². The molecule has 0 amide bonds. The lowest BCUT2D eigenvalue weighted by Crippen LogP contribution is -2.52. The van der Waals surface area contributed by atoms with E-state index in [1.165, 1.54) is 70.8 Å². The first kappa shape index (κ1) is 13.7. The fraction of sp³-hybridized carbons (Fsp3) is 1.00. The largest absolute Gasteiger partial charge is 0.328 e. The van der Waals surface area contributed by atoms with Crippen LogP contribution in [0.15, 0.2) is 0 Å². The fourth-order valence-corrected chi connectivity index (χ4v) is 9.81. The zero-order chi connectivity index (χ0) is 12.6. The zero-order valence-corrected chi connectivity index (χ0v) is 13.7. The summed E-state index contributed by atoms with van der Waals surface area (Å²) in [4.78, 5) is 0. The Morgan fingerprint density at radius 3 is 2.22 bits per heavy atom. The fourth-order valence-electron chi connectivity index (χ4n) is 4.46. The summed E-state index contributed by atoms with van der Waals surface area (Å²) in [6.45, 7) is -1.01. The highest BCUT2D eigenvalue weighted by atomic mass is 35.7. The summed E-state index contributed by atoms with van der Waals surface area (Å²) < 4.78 is 2.61. The summed E-state index contributed by atoms with van der Waals surface area (Å²) >= 11 is 13.9. The smallest absolute Gasteiger partial charge is 0.297 e. The van der Waals surface area contributed by atoms with E-state index < -0.39 is 6.86 Å². The van der Waals surface area contributed by atoms with E-state index in [4.69, 9.17) is 22.2 Å². The highest BCUT2D eigenvalue weighted by molar-refractivity contribution is 7.44. The van der Waals surface area contributed by atoms with Crippen LogP contribution in [0.2, 0.25) is 5.54 Å². The van der Waals surface area contributed by atoms with Gasteiger partial charge in [0.15, 0.2) is 0 Å². The second kappa shape index (κ2) is 5.63. The molecule has 2 saturated carbocycles. The summed E-state index contributed by atoms with van der Waals surface area (Å²) in [7, 11) is 0. The maximum atomic E-state index is 6.97. The first-order valence-corrected chi connectivity index (χ1v) is 11.9. The number of hydrogen-bond acceptors (Lipinski definition) is 1. The van der Waals surface area contributed by atoms with Crippen molar-refractivity contribution in [1.29, 1.82) is 0 Å². The molecular formula is C14H25Cl2NSi. The second-order valence-electron chi connectivity index (χ2n) is 6.52. The second-order valence-corrected chi connectivity index (χ2v) is 13.1. The predicted molar refractivity (Wildman–Crippen MR) is 81.4 cm³/mol. The van der Waals surface area contributed by atoms with E-state index in [1.807, 2.05) is 0 Å². The third-order valence-corrected chi connectivity index (χ3v) is 11.5. The molecule has 2 aliphatic carbocycles. The van der Waals surface area contributed by atoms with E-state index in [0.717, 1.165) is 12.0 Å². The van der Waals surface area contributed by atoms with Crippen molar-refractivity contribution in [2.45, 2.75) is 75.8 Å². The molecule has 104 valence electrons. The highest BCUT2D eigenvalue weighted by Crippen LogP contribution is 2.48. The van der Waals surface area contributed by atoms with Gasteiger partial charge in [-0.3, -0.25) is 4.57 Å². The molecule has 18 heavy (non-hydrogen) atoms. The number of halogens is 2. The van der Waals surface area contributed by atoms with Crippen LogP contribution < -0.4 is 0 Å². The van der Waals surface area contributed by atoms with Gasteiger partial charge < -0.3 is 0 Å². The molecule has 0 aromatic carbocycles. The Kier molecular flexibility index (Phi) is 4.29. The number of rotatable bonds is 2. The topological polar surface area (TPSA) is 3.24 Å². The van der Waals surface area contributed by atoms with Crippen molar-refractivity contribution in [3.05, 3.63) is 0 Å². The van der Waals surface area contributed by atoms with Gasteiger partial charge in [0.05, 0.1) is 0 Å². The Bertz CT molecular complexity index is 292. The maximum Gasteiger partial charge on any atom is 0.328 e. The molecule has 0 bridgehead atoms. The molecule has 3 fully saturated rings. The standard InChI is InChI=1S/C14H25Cl2NSi/c15-18(16,13-7-2-1-3-8-13)17-11-10-12-6-4-5-9-14(12)17/h12-14H,1-11H2. The first-order valence-electron chi connectivity index (χ1n) is 7.84. The molecule has 0 spiro atoms. The van der Waals surface area contributed by atoms with E-state index in [1.54, 1.807) is 0 Å². The van der Waals surface area contributed by atoms with E-state index in [2.05, 4.69) is 4.57 Å². The third kappa shape index (κ3) is 2.50. The van der Waals surface area contributed by atoms with Crippen molar-refractivity contribution >= 4 is 29.0 Å². The minimum atomic E-state index is -2.20. The molecule has 0 N–H and O–H groups in total. The van der Waals surface area contributed by atoms with E-state index in [0.29, 0.717) is 5.54 Å². The Morgan fingerprint density at radius 2 is 1.44 bits per heavy atom. The summed E-state index contributed by atoms with van der Waals surface area (Å²) in [6.07, 6.45) is 13.6. The molecule has 3 rings (SSSR count). The molecule has 0 aromatic rings. The molecule has 1 aliphatic heterocycles. The van der Waals surface area contributed by atoms with Gasteiger partial charge >= 0.3 is 6.86 Å². The Morgan fingerprint density at radius 1 is 0.778 bits per heavy atom. The van der Waals surface area contributed by atoms with Crippen molar-refractivity contribution in [1.82, 2.24) is 4.57 Å². The average molecular weight is 306 g/mol. The van der Waals surface area contributed by atoms with Gasteiger partial charge in [0.25, 0.3) is 0 Å². The van der Waals surface area contributed by atoms with Gasteiger partial charge in [0.2, 0.25) is 0 Å². The van der Waals surface area contributed by atoms with Crippen LogP contribution in [0, 0.1) is 5.92 Å². The first-order chi connectivity index (χ1) is 8.69. The Hall–Kier alpha value is 0.757. The van der Waals surface area contributed by atoms with E-state index >= 15 is 0 Å². The van der Waals surface area contributed by atoms with E-state index in [-0.39, 0.29) is 0 Å². The van der Waals surface area contributed by atoms with Gasteiger partial charge in [-0.15, -0.1) is 22.2 Å². The highest BCUT2D eigenvalue weighted by Gasteiger charge is 2.51. The summed E-state index contributed by atoms with van der Waals surface area (Å²) in [5, 5.41) is 0. The molecule has 4 heteroatoms. The van der Waals surface area contributed by atoms with Crippen LogP contribution >= 0.6 is 22.2 Å². The van der Waals surface area contributed by atoms with Gasteiger partial charge in [-0.05, 0) is 50.1 Å². The molecule has 0 aromatic heterocycles. The summed E-state index contributed by atoms with van der Waals surface area (Å²) in [6, 6.07) is 0.738. The maximum absolute atomic E-state index is 6.97. The third-order valence-electron chi connectivity index (χ3n) is 5.49. The van der Waals surface area contributed by atoms with E-state index in [9.17, 15) is 0 Å². The summed E-state index contributed by atoms with van der Waals surface area (Å²) in [5.74, 6) is 0.909. The van der Waals surface area contributed by atoms with Crippen LogP contribution in [0.5, 0.6) is 0 Å². The Balaban J connectivity index is 1.72. The molecule has 0 radical (unpaired) electrons. The van der Waals surface area contributed by atoms with Crippen molar-refractivity contribution in [3.63, 3.8) is 0 Å². The molecule has 1 saturated heterocycles. The minimum absolute atomic E-state index is 0.634. The monoisotopic (exact) mass is 305 g/mol. The minimum Gasteiger partial charge on any atom is -0.297 e. The molecule has 2 unspecified atom stereocenters. The number of fused-ring (bicyclic) bond motifs is 1. The molecule has 1 nitrogen and oxygen atoms in total. The molecule has 3 aliphatic rings. The van der Waals surface area contributed by atoms with Gasteiger partial charge in [-0.25, -0.2) is 0 Å². The lowest BCUT2D eigenvalue weighted by molar-refractivity contribution is 0.256. The van der Waals surface area contributed by atoms with Gasteiger partial charge in [0.1, 0.15) is 0 Å². The van der Waals surface area contributed by atoms with Crippen LogP contribution in [-0.4, -0.2) is 24.0 Å². The molecule has 1 heterocycles. The zero-order valence-electron chi connectivity index (χ0n) is 11.2. The molecular weight excluding hydrogens is 281 g/mol. The van der Waals surface area contributed by atoms with Crippen LogP contribution in [0.4, 0.5) is 0 Å². The van der Waals surface area contributed by atoms with Gasteiger partial charge in [0, 0.05) is 6.04 Å². The lowest BCUT2D eigenvalue weighted by atomic mass is 9.86. The van der Waals surface area contributed by atoms with Gasteiger partial charge in [-0.1, -0.05) is 32.1 Å². The summed E-state index contributed by atoms with van der Waals surface area (Å²) in [5.41, 5.74) is 0.634. The van der Waals surface area contributed by atoms with Crippen LogP contribution in [0.3, 0.4) is 0 Å². The Labute approximate surface area is 122 Å². The van der Waals surface area contributed by atoms with Gasteiger partial charge in [-0.2, -0.15) is 0 Å². The normalized spacial score (nSPS) is 35.7. The van der Waals surface area contributed by atoms with Crippen LogP contribution in [0.1, 0.15) is 64.2 Å².